The highest BCUT2D eigenvalue weighted by Crippen LogP contribution is 2.24. The van der Waals surface area contributed by atoms with E-state index in [1.54, 1.807) is 18.3 Å². The molecule has 96 valence electrons. The highest BCUT2D eigenvalue weighted by molar-refractivity contribution is 5.33. The lowest BCUT2D eigenvalue weighted by molar-refractivity contribution is 0.386. The Hall–Kier alpha value is -1.88. The van der Waals surface area contributed by atoms with Gasteiger partial charge in [-0.25, -0.2) is 9.37 Å². The molecular weight excluding hydrogens is 233 g/mol. The SMILES string of the molecule is CCn1ccnc1C(N)c1ccc(OC)c(F)c1. The number of methoxy groups -OCH3 is 1. The number of benzene rings is 1. The Morgan fingerprint density at radius 1 is 1.50 bits per heavy atom. The number of hydrogen-bond acceptors (Lipinski definition) is 3. The zero-order valence-electron chi connectivity index (χ0n) is 10.4. The average molecular weight is 249 g/mol. The predicted octanol–water partition coefficient (Wildman–Crippen LogP) is 2.10. The van der Waals surface area contributed by atoms with E-state index in [2.05, 4.69) is 4.98 Å². The van der Waals surface area contributed by atoms with E-state index in [9.17, 15) is 4.39 Å². The third-order valence-electron chi connectivity index (χ3n) is 2.90. The number of imidazole rings is 1. The number of ether oxygens (including phenoxy) is 1. The molecule has 2 N–H and O–H groups in total. The standard InChI is InChI=1S/C13H16FN3O/c1-3-17-7-6-16-13(17)12(15)9-4-5-11(18-2)10(14)8-9/h4-8,12H,3,15H2,1-2H3. The number of hydrogen-bond donors (Lipinski definition) is 1. The van der Waals surface area contributed by atoms with Gasteiger partial charge in [0.15, 0.2) is 11.6 Å². The van der Waals surface area contributed by atoms with E-state index in [1.807, 2.05) is 17.7 Å². The third kappa shape index (κ3) is 2.22. The van der Waals surface area contributed by atoms with Gasteiger partial charge < -0.3 is 15.0 Å². The fourth-order valence-electron chi connectivity index (χ4n) is 1.89. The Bertz CT molecular complexity index is 539. The second-order valence-electron chi connectivity index (χ2n) is 3.94. The number of aromatic nitrogens is 2. The number of halogens is 1. The van der Waals surface area contributed by atoms with E-state index in [4.69, 9.17) is 10.5 Å². The number of rotatable bonds is 4. The monoisotopic (exact) mass is 249 g/mol. The van der Waals surface area contributed by atoms with Crippen LogP contribution in [0.3, 0.4) is 0 Å². The van der Waals surface area contributed by atoms with Crippen LogP contribution in [0.15, 0.2) is 30.6 Å². The fraction of sp³-hybridized carbons (Fsp3) is 0.308. The van der Waals surface area contributed by atoms with Gasteiger partial charge in [0, 0.05) is 18.9 Å². The van der Waals surface area contributed by atoms with E-state index in [-0.39, 0.29) is 5.75 Å². The Kier molecular flexibility index (Phi) is 3.62. The molecule has 5 heteroatoms. The van der Waals surface area contributed by atoms with Gasteiger partial charge in [0.05, 0.1) is 13.2 Å². The van der Waals surface area contributed by atoms with Gasteiger partial charge in [-0.05, 0) is 24.6 Å². The van der Waals surface area contributed by atoms with Crippen molar-refractivity contribution < 1.29 is 9.13 Å². The zero-order chi connectivity index (χ0) is 13.1. The van der Waals surface area contributed by atoms with Crippen LogP contribution in [-0.4, -0.2) is 16.7 Å². The minimum atomic E-state index is -0.444. The second kappa shape index (κ2) is 5.18. The molecule has 0 fully saturated rings. The summed E-state index contributed by atoms with van der Waals surface area (Å²) in [5.74, 6) is 0.520. The van der Waals surface area contributed by atoms with Crippen LogP contribution in [0.4, 0.5) is 4.39 Å². The molecule has 18 heavy (non-hydrogen) atoms. The van der Waals surface area contributed by atoms with Gasteiger partial charge in [-0.3, -0.25) is 0 Å². The van der Waals surface area contributed by atoms with E-state index in [1.165, 1.54) is 13.2 Å². The summed E-state index contributed by atoms with van der Waals surface area (Å²) in [5.41, 5.74) is 6.78. The van der Waals surface area contributed by atoms with Crippen molar-refractivity contribution in [3.63, 3.8) is 0 Å². The van der Waals surface area contributed by atoms with Crippen LogP contribution in [0.1, 0.15) is 24.4 Å². The molecule has 2 aromatic rings. The first kappa shape index (κ1) is 12.6. The number of nitrogens with zero attached hydrogens (tertiary/aromatic N) is 2. The maximum Gasteiger partial charge on any atom is 0.165 e. The smallest absolute Gasteiger partial charge is 0.165 e. The third-order valence-corrected chi connectivity index (χ3v) is 2.90. The van der Waals surface area contributed by atoms with Gasteiger partial charge in [0.2, 0.25) is 0 Å². The van der Waals surface area contributed by atoms with Gasteiger partial charge in [-0.1, -0.05) is 6.07 Å². The molecule has 1 unspecified atom stereocenters. The highest BCUT2D eigenvalue weighted by atomic mass is 19.1. The maximum absolute atomic E-state index is 13.6. The Balaban J connectivity index is 2.34. The molecule has 4 nitrogen and oxygen atoms in total. The maximum atomic E-state index is 13.6. The minimum Gasteiger partial charge on any atom is -0.494 e. The average Bonchev–Trinajstić information content (AvgIpc) is 2.86. The molecule has 1 heterocycles. The molecule has 0 spiro atoms. The summed E-state index contributed by atoms with van der Waals surface area (Å²) in [4.78, 5) is 4.22. The second-order valence-corrected chi connectivity index (χ2v) is 3.94. The minimum absolute atomic E-state index is 0.213. The van der Waals surface area contributed by atoms with Gasteiger partial charge in [-0.15, -0.1) is 0 Å². The van der Waals surface area contributed by atoms with Crippen LogP contribution in [0.25, 0.3) is 0 Å². The Labute approximate surface area is 105 Å². The molecule has 1 aromatic carbocycles. The van der Waals surface area contributed by atoms with Crippen LogP contribution < -0.4 is 10.5 Å². The predicted molar refractivity (Wildman–Crippen MR) is 66.9 cm³/mol. The highest BCUT2D eigenvalue weighted by Gasteiger charge is 2.16. The molecule has 1 atom stereocenters. The fourth-order valence-corrected chi connectivity index (χ4v) is 1.89. The summed E-state index contributed by atoms with van der Waals surface area (Å²) in [6, 6.07) is 4.27. The molecule has 0 aliphatic carbocycles. The van der Waals surface area contributed by atoms with Crippen molar-refractivity contribution in [3.8, 4) is 5.75 Å². The van der Waals surface area contributed by atoms with Gasteiger partial charge in [-0.2, -0.15) is 0 Å². The summed E-state index contributed by atoms with van der Waals surface area (Å²) >= 11 is 0. The summed E-state index contributed by atoms with van der Waals surface area (Å²) in [7, 11) is 1.43. The van der Waals surface area contributed by atoms with E-state index >= 15 is 0 Å². The Morgan fingerprint density at radius 3 is 2.89 bits per heavy atom. The van der Waals surface area contributed by atoms with Crippen molar-refractivity contribution in [2.45, 2.75) is 19.5 Å². The molecule has 0 aliphatic heterocycles. The van der Waals surface area contributed by atoms with E-state index in [0.29, 0.717) is 5.56 Å². The molecule has 1 aromatic heterocycles. The van der Waals surface area contributed by atoms with Crippen LogP contribution in [0.5, 0.6) is 5.75 Å². The van der Waals surface area contributed by atoms with Crippen molar-refractivity contribution in [3.05, 3.63) is 47.8 Å². The molecule has 0 saturated heterocycles. The molecule has 0 amide bonds. The van der Waals surface area contributed by atoms with Crippen LogP contribution in [0, 0.1) is 5.82 Å². The summed E-state index contributed by atoms with van der Waals surface area (Å²) < 4.78 is 20.4. The molecule has 0 radical (unpaired) electrons. The van der Waals surface area contributed by atoms with Crippen molar-refractivity contribution in [1.82, 2.24) is 9.55 Å². The topological polar surface area (TPSA) is 53.1 Å². The van der Waals surface area contributed by atoms with Crippen molar-refractivity contribution >= 4 is 0 Å². The molecule has 0 saturated carbocycles. The lowest BCUT2D eigenvalue weighted by Gasteiger charge is -2.14. The Morgan fingerprint density at radius 2 is 2.28 bits per heavy atom. The summed E-state index contributed by atoms with van der Waals surface area (Å²) in [5, 5.41) is 0. The van der Waals surface area contributed by atoms with E-state index < -0.39 is 11.9 Å². The molecule has 0 bridgehead atoms. The lowest BCUT2D eigenvalue weighted by Crippen LogP contribution is -2.17. The van der Waals surface area contributed by atoms with Crippen molar-refractivity contribution in [2.75, 3.05) is 7.11 Å². The van der Waals surface area contributed by atoms with Crippen LogP contribution in [-0.2, 0) is 6.54 Å². The molecular formula is C13H16FN3O. The quantitative estimate of drug-likeness (QED) is 0.902. The first-order chi connectivity index (χ1) is 8.67. The van der Waals surface area contributed by atoms with Gasteiger partial charge in [0.1, 0.15) is 5.82 Å². The van der Waals surface area contributed by atoms with Crippen molar-refractivity contribution in [1.29, 1.82) is 0 Å². The summed E-state index contributed by atoms with van der Waals surface area (Å²) in [6.45, 7) is 2.79. The van der Waals surface area contributed by atoms with E-state index in [0.717, 1.165) is 12.4 Å². The first-order valence-corrected chi connectivity index (χ1v) is 5.77. The largest absolute Gasteiger partial charge is 0.494 e. The summed E-state index contributed by atoms with van der Waals surface area (Å²) in [6.07, 6.45) is 3.55. The van der Waals surface area contributed by atoms with Crippen LogP contribution in [0.2, 0.25) is 0 Å². The number of aryl methyl sites for hydroxylation is 1. The lowest BCUT2D eigenvalue weighted by atomic mass is 10.1. The molecule has 0 aliphatic rings. The zero-order valence-corrected chi connectivity index (χ0v) is 10.4. The van der Waals surface area contributed by atoms with Crippen LogP contribution >= 0.6 is 0 Å². The van der Waals surface area contributed by atoms with Gasteiger partial charge in [0.25, 0.3) is 0 Å². The normalized spacial score (nSPS) is 12.4. The van der Waals surface area contributed by atoms with Crippen molar-refractivity contribution in [2.24, 2.45) is 5.73 Å². The van der Waals surface area contributed by atoms with Gasteiger partial charge >= 0.3 is 0 Å². The first-order valence-electron chi connectivity index (χ1n) is 5.77. The molecule has 2 rings (SSSR count). The number of nitrogens with two attached hydrogens (primary N) is 1.